The quantitative estimate of drug-likeness (QED) is 0.557. The third-order valence-corrected chi connectivity index (χ3v) is 5.12. The summed E-state index contributed by atoms with van der Waals surface area (Å²) < 4.78 is 0. The summed E-state index contributed by atoms with van der Waals surface area (Å²) in [4.78, 5) is 65.7. The van der Waals surface area contributed by atoms with Crippen LogP contribution in [0.25, 0.3) is 0 Å². The molecule has 7 nitrogen and oxygen atoms in total. The average Bonchev–Trinajstić information content (AvgIpc) is 2.76. The number of imide groups is 2. The molecule has 0 saturated carbocycles. The fraction of sp³-hybridized carbons (Fsp3) is 0.227. The second-order valence-electron chi connectivity index (χ2n) is 7.02. The van der Waals surface area contributed by atoms with Crippen LogP contribution in [0.3, 0.4) is 0 Å². The molecule has 1 saturated heterocycles. The molecule has 0 aliphatic carbocycles. The third kappa shape index (κ3) is 3.59. The second kappa shape index (κ2) is 7.79. The minimum atomic E-state index is -1.97. The lowest BCUT2D eigenvalue weighted by molar-refractivity contribution is -0.156. The lowest BCUT2D eigenvalue weighted by Crippen LogP contribution is -2.64. The van der Waals surface area contributed by atoms with Crippen LogP contribution < -0.4 is 0 Å². The van der Waals surface area contributed by atoms with Gasteiger partial charge in [0.05, 0.1) is 0 Å². The number of barbiturate groups is 1. The molecule has 1 heterocycles. The van der Waals surface area contributed by atoms with Crippen molar-refractivity contribution in [2.45, 2.75) is 12.8 Å². The van der Waals surface area contributed by atoms with Crippen molar-refractivity contribution in [1.82, 2.24) is 9.80 Å². The highest BCUT2D eigenvalue weighted by Crippen LogP contribution is 2.37. The van der Waals surface area contributed by atoms with Crippen molar-refractivity contribution in [1.29, 1.82) is 0 Å². The van der Waals surface area contributed by atoms with Gasteiger partial charge in [0.1, 0.15) is 5.41 Å². The van der Waals surface area contributed by atoms with Crippen LogP contribution in [0, 0.1) is 5.41 Å². The van der Waals surface area contributed by atoms with E-state index in [1.165, 1.54) is 14.1 Å². The minimum Gasteiger partial charge on any atom is -0.294 e. The van der Waals surface area contributed by atoms with Crippen molar-refractivity contribution >= 4 is 29.4 Å². The highest BCUT2D eigenvalue weighted by atomic mass is 16.2. The molecule has 1 fully saturated rings. The number of amides is 4. The Balaban J connectivity index is 2.04. The van der Waals surface area contributed by atoms with Crippen LogP contribution in [-0.4, -0.2) is 53.3 Å². The van der Waals surface area contributed by atoms with Crippen molar-refractivity contribution in [2.24, 2.45) is 5.41 Å². The summed E-state index contributed by atoms with van der Waals surface area (Å²) in [5, 5.41) is 0. The molecule has 0 bridgehead atoms. The largest absolute Gasteiger partial charge is 0.332 e. The Kier molecular flexibility index (Phi) is 5.41. The van der Waals surface area contributed by atoms with E-state index >= 15 is 0 Å². The smallest absolute Gasteiger partial charge is 0.294 e. The van der Waals surface area contributed by atoms with Crippen LogP contribution in [0.2, 0.25) is 0 Å². The molecule has 0 N–H and O–H groups in total. The SMILES string of the molecule is CN1C(=O)N(C)C(=O)C(CC(=O)c2ccccc2)(CC(=O)c2ccccc2)C1=O. The first-order valence-electron chi connectivity index (χ1n) is 9.05. The third-order valence-electron chi connectivity index (χ3n) is 5.12. The Labute approximate surface area is 167 Å². The number of rotatable bonds is 6. The van der Waals surface area contributed by atoms with Gasteiger partial charge in [0, 0.05) is 38.1 Å². The van der Waals surface area contributed by atoms with Crippen molar-refractivity contribution in [3.05, 3.63) is 71.8 Å². The zero-order valence-electron chi connectivity index (χ0n) is 16.1. The van der Waals surface area contributed by atoms with Crippen LogP contribution in [-0.2, 0) is 9.59 Å². The topological polar surface area (TPSA) is 91.8 Å². The number of hydrogen-bond donors (Lipinski definition) is 0. The highest BCUT2D eigenvalue weighted by molar-refractivity contribution is 6.23. The zero-order valence-corrected chi connectivity index (χ0v) is 16.1. The van der Waals surface area contributed by atoms with Crippen LogP contribution in [0.15, 0.2) is 60.7 Å². The molecule has 0 atom stereocenters. The van der Waals surface area contributed by atoms with E-state index in [2.05, 4.69) is 0 Å². The molecule has 3 rings (SSSR count). The maximum Gasteiger partial charge on any atom is 0.332 e. The summed E-state index contributed by atoms with van der Waals surface area (Å²) in [6, 6.07) is 15.7. The van der Waals surface area contributed by atoms with Crippen molar-refractivity contribution in [3.63, 3.8) is 0 Å². The number of Topliss-reactive ketones (excluding diaryl/α,β-unsaturated/α-hetero) is 2. The van der Waals surface area contributed by atoms with E-state index in [1.54, 1.807) is 60.7 Å². The molecule has 1 aliphatic rings. The van der Waals surface area contributed by atoms with E-state index < -0.39 is 47.7 Å². The number of urea groups is 1. The van der Waals surface area contributed by atoms with Gasteiger partial charge in [-0.05, 0) is 0 Å². The van der Waals surface area contributed by atoms with Gasteiger partial charge in [-0.1, -0.05) is 60.7 Å². The zero-order chi connectivity index (χ0) is 21.2. The van der Waals surface area contributed by atoms with Crippen molar-refractivity contribution in [3.8, 4) is 0 Å². The summed E-state index contributed by atoms with van der Waals surface area (Å²) in [5.41, 5.74) is -1.33. The Morgan fingerprint density at radius 2 is 1.03 bits per heavy atom. The fourth-order valence-electron chi connectivity index (χ4n) is 3.50. The van der Waals surface area contributed by atoms with Gasteiger partial charge < -0.3 is 0 Å². The molecular weight excluding hydrogens is 372 g/mol. The Hall–Kier alpha value is -3.61. The number of carbonyl (C=O) groups excluding carboxylic acids is 5. The highest BCUT2D eigenvalue weighted by Gasteiger charge is 2.57. The summed E-state index contributed by atoms with van der Waals surface area (Å²) in [6.45, 7) is 0. The van der Waals surface area contributed by atoms with E-state index in [0.717, 1.165) is 9.80 Å². The van der Waals surface area contributed by atoms with Crippen molar-refractivity contribution < 1.29 is 24.0 Å². The second-order valence-corrected chi connectivity index (χ2v) is 7.02. The molecule has 0 spiro atoms. The predicted molar refractivity (Wildman–Crippen MR) is 104 cm³/mol. The Morgan fingerprint density at radius 3 is 1.38 bits per heavy atom. The fourth-order valence-corrected chi connectivity index (χ4v) is 3.50. The molecule has 4 amide bonds. The van der Waals surface area contributed by atoms with E-state index in [1.807, 2.05) is 0 Å². The first-order chi connectivity index (χ1) is 13.8. The van der Waals surface area contributed by atoms with Gasteiger partial charge in [0.15, 0.2) is 11.6 Å². The molecular formula is C22H20N2O5. The average molecular weight is 392 g/mol. The summed E-state index contributed by atoms with van der Waals surface area (Å²) in [7, 11) is 2.48. The molecule has 0 unspecified atom stereocenters. The maximum atomic E-state index is 13.1. The van der Waals surface area contributed by atoms with Gasteiger partial charge in [-0.2, -0.15) is 0 Å². The number of ketones is 2. The monoisotopic (exact) mass is 392 g/mol. The summed E-state index contributed by atoms with van der Waals surface area (Å²) >= 11 is 0. The van der Waals surface area contributed by atoms with Crippen LogP contribution in [0.1, 0.15) is 33.6 Å². The molecule has 148 valence electrons. The number of benzene rings is 2. The predicted octanol–water partition coefficient (Wildman–Crippen LogP) is 2.57. The van der Waals surface area contributed by atoms with E-state index in [-0.39, 0.29) is 0 Å². The Bertz CT molecular complexity index is 905. The normalized spacial score (nSPS) is 16.1. The van der Waals surface area contributed by atoms with Gasteiger partial charge in [-0.15, -0.1) is 0 Å². The molecule has 1 aliphatic heterocycles. The van der Waals surface area contributed by atoms with E-state index in [4.69, 9.17) is 0 Å². The van der Waals surface area contributed by atoms with Crippen molar-refractivity contribution in [2.75, 3.05) is 14.1 Å². The number of carbonyl (C=O) groups is 5. The maximum absolute atomic E-state index is 13.1. The molecule has 2 aromatic rings. The van der Waals surface area contributed by atoms with Gasteiger partial charge in [0.2, 0.25) is 11.8 Å². The molecule has 7 heteroatoms. The van der Waals surface area contributed by atoms with Crippen LogP contribution in [0.4, 0.5) is 4.79 Å². The van der Waals surface area contributed by atoms with Gasteiger partial charge >= 0.3 is 6.03 Å². The van der Waals surface area contributed by atoms with Crippen LogP contribution >= 0.6 is 0 Å². The molecule has 0 radical (unpaired) electrons. The number of nitrogens with zero attached hydrogens (tertiary/aromatic N) is 2. The van der Waals surface area contributed by atoms with Crippen LogP contribution in [0.5, 0.6) is 0 Å². The Morgan fingerprint density at radius 1 is 0.690 bits per heavy atom. The standard InChI is InChI=1S/C22H20N2O5/c1-23-19(27)22(20(28)24(2)21(23)29,13-17(25)15-9-5-3-6-10-15)14-18(26)16-11-7-4-8-12-16/h3-12H,13-14H2,1-2H3. The lowest BCUT2D eigenvalue weighted by Gasteiger charge is -2.41. The lowest BCUT2D eigenvalue weighted by atomic mass is 9.73. The van der Waals surface area contributed by atoms with Gasteiger partial charge in [0.25, 0.3) is 0 Å². The molecule has 0 aromatic heterocycles. The number of hydrogen-bond acceptors (Lipinski definition) is 5. The summed E-state index contributed by atoms with van der Waals surface area (Å²) in [5.74, 6) is -2.60. The first-order valence-corrected chi connectivity index (χ1v) is 9.05. The minimum absolute atomic E-state index is 0.321. The molecule has 2 aromatic carbocycles. The first kappa shape index (κ1) is 20.1. The van der Waals surface area contributed by atoms with Gasteiger partial charge in [-0.3, -0.25) is 29.0 Å². The summed E-state index contributed by atoms with van der Waals surface area (Å²) in [6.07, 6.45) is -1.01. The van der Waals surface area contributed by atoms with Gasteiger partial charge in [-0.25, -0.2) is 4.79 Å². The van der Waals surface area contributed by atoms with E-state index in [0.29, 0.717) is 11.1 Å². The molecule has 29 heavy (non-hydrogen) atoms. The van der Waals surface area contributed by atoms with E-state index in [9.17, 15) is 24.0 Å².